The van der Waals surface area contributed by atoms with Crippen LogP contribution in [0.4, 0.5) is 0 Å². The zero-order valence-electron chi connectivity index (χ0n) is 5.65. The summed E-state index contributed by atoms with van der Waals surface area (Å²) in [4.78, 5) is 14.5. The van der Waals surface area contributed by atoms with E-state index < -0.39 is 0 Å². The summed E-state index contributed by atoms with van der Waals surface area (Å²) in [6.45, 7) is 0. The maximum atomic E-state index is 4.04. The van der Waals surface area contributed by atoms with E-state index in [1.54, 1.807) is 24.8 Å². The van der Waals surface area contributed by atoms with E-state index >= 15 is 0 Å². The first kappa shape index (κ1) is 6.03. The molecule has 1 N–H and O–H groups in total. The fourth-order valence-electron chi connectivity index (χ4n) is 0.809. The van der Waals surface area contributed by atoms with Gasteiger partial charge < -0.3 is 4.98 Å². The molecule has 0 atom stereocenters. The van der Waals surface area contributed by atoms with Gasteiger partial charge in [0.15, 0.2) is 6.33 Å². The number of hydrogen-bond donors (Lipinski definition) is 1. The SMILES string of the molecule is [c]1ncc(-c2ncc[nH]2)cn1. The van der Waals surface area contributed by atoms with Crippen LogP contribution in [0.2, 0.25) is 0 Å². The van der Waals surface area contributed by atoms with Gasteiger partial charge in [-0.25, -0.2) is 15.0 Å². The molecule has 0 aliphatic heterocycles. The number of rotatable bonds is 1. The van der Waals surface area contributed by atoms with Crippen molar-refractivity contribution in [3.8, 4) is 11.4 Å². The summed E-state index contributed by atoms with van der Waals surface area (Å²) in [6, 6.07) is 0. The first-order valence-corrected chi connectivity index (χ1v) is 3.14. The van der Waals surface area contributed by atoms with Gasteiger partial charge in [-0.2, -0.15) is 0 Å². The highest BCUT2D eigenvalue weighted by molar-refractivity contribution is 5.50. The predicted molar refractivity (Wildman–Crippen MR) is 38.4 cm³/mol. The Morgan fingerprint density at radius 2 is 2.09 bits per heavy atom. The number of aromatic nitrogens is 4. The molecule has 1 radical (unpaired) electrons. The third-order valence-corrected chi connectivity index (χ3v) is 1.29. The summed E-state index contributed by atoms with van der Waals surface area (Å²) < 4.78 is 0. The van der Waals surface area contributed by atoms with E-state index in [0.29, 0.717) is 0 Å². The topological polar surface area (TPSA) is 54.5 Å². The van der Waals surface area contributed by atoms with E-state index in [1.807, 2.05) is 0 Å². The van der Waals surface area contributed by atoms with Crippen LogP contribution in [-0.2, 0) is 0 Å². The smallest absolute Gasteiger partial charge is 0.197 e. The van der Waals surface area contributed by atoms with Crippen molar-refractivity contribution in [2.24, 2.45) is 0 Å². The largest absolute Gasteiger partial charge is 0.345 e. The fraction of sp³-hybridized carbons (Fsp3) is 0. The molecule has 0 aliphatic rings. The van der Waals surface area contributed by atoms with Crippen molar-refractivity contribution < 1.29 is 0 Å². The first-order valence-electron chi connectivity index (χ1n) is 3.14. The molecule has 2 aromatic rings. The molecule has 4 heteroatoms. The average molecular weight is 145 g/mol. The molecule has 0 amide bonds. The lowest BCUT2D eigenvalue weighted by molar-refractivity contribution is 1.13. The molecule has 0 fully saturated rings. The number of hydrogen-bond acceptors (Lipinski definition) is 3. The van der Waals surface area contributed by atoms with E-state index in [1.165, 1.54) is 0 Å². The highest BCUT2D eigenvalue weighted by Crippen LogP contribution is 2.08. The quantitative estimate of drug-likeness (QED) is 0.641. The molecular formula is C7H5N4. The van der Waals surface area contributed by atoms with Crippen LogP contribution < -0.4 is 0 Å². The summed E-state index contributed by atoms with van der Waals surface area (Å²) in [5, 5.41) is 0. The van der Waals surface area contributed by atoms with Crippen LogP contribution in [0.1, 0.15) is 0 Å². The van der Waals surface area contributed by atoms with Crippen molar-refractivity contribution in [3.05, 3.63) is 31.1 Å². The number of H-pyrrole nitrogens is 1. The lowest BCUT2D eigenvalue weighted by Crippen LogP contribution is -1.83. The van der Waals surface area contributed by atoms with E-state index in [9.17, 15) is 0 Å². The van der Waals surface area contributed by atoms with Crippen LogP contribution in [0.25, 0.3) is 11.4 Å². The molecule has 0 aromatic carbocycles. The summed E-state index contributed by atoms with van der Waals surface area (Å²) in [5.41, 5.74) is 0.869. The molecular weight excluding hydrogens is 140 g/mol. The van der Waals surface area contributed by atoms with Crippen LogP contribution in [0.15, 0.2) is 24.8 Å². The Morgan fingerprint density at radius 3 is 2.73 bits per heavy atom. The van der Waals surface area contributed by atoms with Crippen molar-refractivity contribution in [2.75, 3.05) is 0 Å². The van der Waals surface area contributed by atoms with Crippen LogP contribution in [0, 0.1) is 6.33 Å². The molecule has 53 valence electrons. The molecule has 0 bridgehead atoms. The highest BCUT2D eigenvalue weighted by Gasteiger charge is 1.97. The molecule has 0 aliphatic carbocycles. The Hall–Kier alpha value is -1.71. The van der Waals surface area contributed by atoms with Gasteiger partial charge in [-0.3, -0.25) is 0 Å². The molecule has 0 unspecified atom stereocenters. The fourth-order valence-corrected chi connectivity index (χ4v) is 0.809. The van der Waals surface area contributed by atoms with Gasteiger partial charge in [-0.1, -0.05) is 0 Å². The molecule has 4 nitrogen and oxygen atoms in total. The third-order valence-electron chi connectivity index (χ3n) is 1.29. The Kier molecular flexibility index (Phi) is 1.37. The highest BCUT2D eigenvalue weighted by atomic mass is 14.9. The van der Waals surface area contributed by atoms with Crippen LogP contribution in [0.5, 0.6) is 0 Å². The van der Waals surface area contributed by atoms with Crippen molar-refractivity contribution in [2.45, 2.75) is 0 Å². The minimum Gasteiger partial charge on any atom is -0.345 e. The standard InChI is InChI=1S/C7H5N4/c1-2-11-7(10-1)6-3-8-5-9-4-6/h1-4H,(H,10,11). The third kappa shape index (κ3) is 1.10. The van der Waals surface area contributed by atoms with Gasteiger partial charge >= 0.3 is 0 Å². The minimum atomic E-state index is 0.777. The summed E-state index contributed by atoms with van der Waals surface area (Å²) in [7, 11) is 0. The van der Waals surface area contributed by atoms with Gasteiger partial charge in [0.2, 0.25) is 0 Å². The van der Waals surface area contributed by atoms with Crippen LogP contribution in [0.3, 0.4) is 0 Å². The molecule has 2 heterocycles. The zero-order valence-corrected chi connectivity index (χ0v) is 5.65. The van der Waals surface area contributed by atoms with E-state index in [2.05, 4.69) is 26.3 Å². The Labute approximate surface area is 63.4 Å². The lowest BCUT2D eigenvalue weighted by Gasteiger charge is -1.90. The second-order valence-corrected chi connectivity index (χ2v) is 2.01. The average Bonchev–Trinajstić information content (AvgIpc) is 2.58. The van der Waals surface area contributed by atoms with Gasteiger partial charge in [0, 0.05) is 24.8 Å². The second-order valence-electron chi connectivity index (χ2n) is 2.01. The maximum Gasteiger partial charge on any atom is 0.197 e. The molecule has 0 saturated heterocycles. The van der Waals surface area contributed by atoms with Gasteiger partial charge in [0.1, 0.15) is 5.82 Å². The van der Waals surface area contributed by atoms with Crippen molar-refractivity contribution in [3.63, 3.8) is 0 Å². The predicted octanol–water partition coefficient (Wildman–Crippen LogP) is 0.667. The summed E-state index contributed by atoms with van der Waals surface area (Å²) >= 11 is 0. The minimum absolute atomic E-state index is 0.777. The van der Waals surface area contributed by atoms with Crippen molar-refractivity contribution in [1.29, 1.82) is 0 Å². The first-order chi connectivity index (χ1) is 5.47. The van der Waals surface area contributed by atoms with Gasteiger partial charge in [-0.15, -0.1) is 0 Å². The van der Waals surface area contributed by atoms with Gasteiger partial charge in [0.05, 0.1) is 5.56 Å². The molecule has 11 heavy (non-hydrogen) atoms. The zero-order chi connectivity index (χ0) is 7.52. The molecule has 0 saturated carbocycles. The van der Waals surface area contributed by atoms with E-state index in [-0.39, 0.29) is 0 Å². The Morgan fingerprint density at radius 1 is 1.27 bits per heavy atom. The van der Waals surface area contributed by atoms with Crippen LogP contribution >= 0.6 is 0 Å². The second kappa shape index (κ2) is 2.49. The maximum absolute atomic E-state index is 4.04. The van der Waals surface area contributed by atoms with E-state index in [0.717, 1.165) is 11.4 Å². The number of imidazole rings is 1. The summed E-state index contributed by atoms with van der Waals surface area (Å²) in [5.74, 6) is 0.777. The van der Waals surface area contributed by atoms with Crippen molar-refractivity contribution in [1.82, 2.24) is 19.9 Å². The van der Waals surface area contributed by atoms with Crippen molar-refractivity contribution >= 4 is 0 Å². The Balaban J connectivity index is 2.46. The number of nitrogens with one attached hydrogen (secondary N) is 1. The lowest BCUT2D eigenvalue weighted by atomic mass is 10.3. The number of nitrogens with zero attached hydrogens (tertiary/aromatic N) is 3. The molecule has 0 spiro atoms. The van der Waals surface area contributed by atoms with Crippen LogP contribution in [-0.4, -0.2) is 19.9 Å². The number of aromatic amines is 1. The van der Waals surface area contributed by atoms with Gasteiger partial charge in [0.25, 0.3) is 0 Å². The monoisotopic (exact) mass is 145 g/mol. The summed E-state index contributed by atoms with van der Waals surface area (Å²) in [6.07, 6.45) is 9.21. The van der Waals surface area contributed by atoms with E-state index in [4.69, 9.17) is 0 Å². The molecule has 2 rings (SSSR count). The normalized spacial score (nSPS) is 9.82. The van der Waals surface area contributed by atoms with Gasteiger partial charge in [-0.05, 0) is 0 Å². The molecule has 2 aromatic heterocycles. The Bertz CT molecular complexity index is 313.